The summed E-state index contributed by atoms with van der Waals surface area (Å²) in [6.45, 7) is 0.466. The maximum Gasteiger partial charge on any atom is 0.218 e. The summed E-state index contributed by atoms with van der Waals surface area (Å²) in [5, 5.41) is 16.1. The number of aliphatic hydroxyl groups is 1. The number of hydrogen-bond acceptors (Lipinski definition) is 6. The first-order chi connectivity index (χ1) is 15.6. The summed E-state index contributed by atoms with van der Waals surface area (Å²) in [6, 6.07) is 7.27. The van der Waals surface area contributed by atoms with Gasteiger partial charge in [0.05, 0.1) is 49.2 Å². The quantitative estimate of drug-likeness (QED) is 0.451. The number of aliphatic hydroxyl groups excluding tert-OH is 1. The Kier molecular flexibility index (Phi) is 5.10. The summed E-state index contributed by atoms with van der Waals surface area (Å²) in [5.74, 6) is 0.453. The number of carbonyl (C=O) groups excluding carboxylic acids is 1. The predicted octanol–water partition coefficient (Wildman–Crippen LogP) is 3.00. The molecule has 5 rings (SSSR count). The van der Waals surface area contributed by atoms with Crippen LogP contribution in [0.5, 0.6) is 11.5 Å². The fraction of sp³-hybridized carbons (Fsp3) is 0.261. The van der Waals surface area contributed by atoms with E-state index in [1.807, 2.05) is 18.2 Å². The van der Waals surface area contributed by atoms with Crippen molar-refractivity contribution in [2.45, 2.75) is 13.0 Å². The molecule has 0 amide bonds. The first-order valence-electron chi connectivity index (χ1n) is 10.2. The normalized spacial score (nSPS) is 15.4. The number of nitrogens with zero attached hydrogens (tertiary/aromatic N) is 3. The second kappa shape index (κ2) is 8.08. The van der Waals surface area contributed by atoms with Crippen molar-refractivity contribution in [3.05, 3.63) is 59.9 Å². The summed E-state index contributed by atoms with van der Waals surface area (Å²) in [4.78, 5) is 17.8. The number of aromatic amines is 1. The van der Waals surface area contributed by atoms with Gasteiger partial charge in [-0.15, -0.1) is 0 Å². The number of carbonyl (C=O) groups is 1. The van der Waals surface area contributed by atoms with E-state index < -0.39 is 5.95 Å². The Morgan fingerprint density at radius 3 is 3.00 bits per heavy atom. The number of H-pyrrole nitrogens is 1. The van der Waals surface area contributed by atoms with Crippen LogP contribution in [-0.4, -0.2) is 51.0 Å². The molecule has 1 unspecified atom stereocenters. The molecule has 0 saturated heterocycles. The molecule has 9 heteroatoms. The van der Waals surface area contributed by atoms with Crippen LogP contribution >= 0.6 is 0 Å². The van der Waals surface area contributed by atoms with Crippen LogP contribution in [0, 0.1) is 11.9 Å². The SMILES string of the molecule is COc1ccc2c(c1)CC(C(=O)c1cn(CCO)c3cc(-c4cn[nH]c4F)ncc13)CO2. The van der Waals surface area contributed by atoms with E-state index in [4.69, 9.17) is 9.47 Å². The highest BCUT2D eigenvalue weighted by molar-refractivity contribution is 6.09. The van der Waals surface area contributed by atoms with E-state index in [0.29, 0.717) is 40.9 Å². The highest BCUT2D eigenvalue weighted by Gasteiger charge is 2.29. The largest absolute Gasteiger partial charge is 0.497 e. The monoisotopic (exact) mass is 436 g/mol. The second-order valence-electron chi connectivity index (χ2n) is 7.69. The number of rotatable bonds is 6. The third-order valence-electron chi connectivity index (χ3n) is 5.79. The van der Waals surface area contributed by atoms with E-state index >= 15 is 0 Å². The Hall–Kier alpha value is -3.72. The topological polar surface area (TPSA) is 102 Å². The standard InChI is InChI=1S/C23H21FN4O4/c1-31-15-2-3-21-13(7-15)6-14(12-32-21)22(30)18-11-28(4-5-29)20-8-19(25-9-16(18)20)17-10-26-27-23(17)24/h2-3,7-11,14,29H,4-6,12H2,1H3,(H,26,27). The molecule has 1 aliphatic rings. The lowest BCUT2D eigenvalue weighted by atomic mass is 9.89. The summed E-state index contributed by atoms with van der Waals surface area (Å²) in [5.41, 5.74) is 2.74. The van der Waals surface area contributed by atoms with Crippen LogP contribution in [-0.2, 0) is 13.0 Å². The van der Waals surface area contributed by atoms with Crippen molar-refractivity contribution >= 4 is 16.7 Å². The van der Waals surface area contributed by atoms with Gasteiger partial charge in [0, 0.05) is 29.9 Å². The van der Waals surface area contributed by atoms with E-state index in [1.54, 1.807) is 30.1 Å². The highest BCUT2D eigenvalue weighted by Crippen LogP contribution is 2.34. The smallest absolute Gasteiger partial charge is 0.218 e. The van der Waals surface area contributed by atoms with E-state index in [2.05, 4.69) is 15.2 Å². The minimum Gasteiger partial charge on any atom is -0.497 e. The Morgan fingerprint density at radius 1 is 1.38 bits per heavy atom. The van der Waals surface area contributed by atoms with Gasteiger partial charge in [-0.2, -0.15) is 9.49 Å². The van der Waals surface area contributed by atoms with Crippen molar-refractivity contribution in [3.8, 4) is 22.8 Å². The molecule has 3 aromatic heterocycles. The van der Waals surface area contributed by atoms with Gasteiger partial charge in [-0.05, 0) is 36.2 Å². The second-order valence-corrected chi connectivity index (χ2v) is 7.69. The average molecular weight is 436 g/mol. The fourth-order valence-corrected chi connectivity index (χ4v) is 4.16. The van der Waals surface area contributed by atoms with Crippen molar-refractivity contribution in [1.29, 1.82) is 0 Å². The highest BCUT2D eigenvalue weighted by atomic mass is 19.1. The van der Waals surface area contributed by atoms with Gasteiger partial charge in [-0.1, -0.05) is 0 Å². The lowest BCUT2D eigenvalue weighted by molar-refractivity contribution is 0.0856. The van der Waals surface area contributed by atoms with E-state index in [0.717, 1.165) is 11.3 Å². The number of ketones is 1. The van der Waals surface area contributed by atoms with Gasteiger partial charge in [-0.3, -0.25) is 14.9 Å². The molecule has 4 aromatic rings. The number of hydrogen-bond donors (Lipinski definition) is 2. The molecule has 0 saturated carbocycles. The molecule has 2 N–H and O–H groups in total. The molecule has 8 nitrogen and oxygen atoms in total. The van der Waals surface area contributed by atoms with E-state index in [9.17, 15) is 14.3 Å². The number of benzene rings is 1. The molecule has 4 heterocycles. The number of Topliss-reactive ketones (excluding diaryl/α,β-unsaturated/α-hetero) is 1. The van der Waals surface area contributed by atoms with Gasteiger partial charge < -0.3 is 19.1 Å². The number of ether oxygens (including phenoxy) is 2. The number of fused-ring (bicyclic) bond motifs is 2. The lowest BCUT2D eigenvalue weighted by Gasteiger charge is -2.24. The molecule has 0 fully saturated rings. The van der Waals surface area contributed by atoms with Crippen LogP contribution < -0.4 is 9.47 Å². The minimum absolute atomic E-state index is 0.0656. The van der Waals surface area contributed by atoms with Gasteiger partial charge in [0.25, 0.3) is 0 Å². The number of halogens is 1. The van der Waals surface area contributed by atoms with Crippen LogP contribution in [0.25, 0.3) is 22.2 Å². The number of methoxy groups -OCH3 is 1. The number of pyridine rings is 1. The minimum atomic E-state index is -0.582. The van der Waals surface area contributed by atoms with Gasteiger partial charge in [0.1, 0.15) is 11.5 Å². The molecule has 1 aromatic carbocycles. The van der Waals surface area contributed by atoms with Crippen LogP contribution in [0.3, 0.4) is 0 Å². The number of aromatic nitrogens is 4. The molecule has 1 aliphatic heterocycles. The molecule has 0 bridgehead atoms. The zero-order valence-corrected chi connectivity index (χ0v) is 17.3. The van der Waals surface area contributed by atoms with E-state index in [-0.39, 0.29) is 30.5 Å². The third-order valence-corrected chi connectivity index (χ3v) is 5.79. The maximum atomic E-state index is 14.0. The van der Waals surface area contributed by atoms with Crippen LogP contribution in [0.2, 0.25) is 0 Å². The Bertz CT molecular complexity index is 1310. The summed E-state index contributed by atoms with van der Waals surface area (Å²) < 4.78 is 26.9. The zero-order chi connectivity index (χ0) is 22.2. The van der Waals surface area contributed by atoms with Gasteiger partial charge in [0.2, 0.25) is 5.95 Å². The zero-order valence-electron chi connectivity index (χ0n) is 17.3. The van der Waals surface area contributed by atoms with Crippen molar-refractivity contribution in [2.75, 3.05) is 20.3 Å². The molecule has 0 aliphatic carbocycles. The molecular weight excluding hydrogens is 415 g/mol. The predicted molar refractivity (Wildman–Crippen MR) is 114 cm³/mol. The molecule has 0 spiro atoms. The number of nitrogens with one attached hydrogen (secondary N) is 1. The molecule has 164 valence electrons. The lowest BCUT2D eigenvalue weighted by Crippen LogP contribution is -2.28. The molecule has 32 heavy (non-hydrogen) atoms. The average Bonchev–Trinajstić information content (AvgIpc) is 3.41. The first-order valence-corrected chi connectivity index (χ1v) is 10.2. The van der Waals surface area contributed by atoms with Gasteiger partial charge in [-0.25, -0.2) is 0 Å². The Morgan fingerprint density at radius 2 is 2.25 bits per heavy atom. The first kappa shape index (κ1) is 20.2. The summed E-state index contributed by atoms with van der Waals surface area (Å²) in [7, 11) is 1.60. The van der Waals surface area contributed by atoms with Crippen molar-refractivity contribution in [1.82, 2.24) is 19.7 Å². The van der Waals surface area contributed by atoms with Gasteiger partial charge in [0.15, 0.2) is 5.78 Å². The Balaban J connectivity index is 1.52. The summed E-state index contributed by atoms with van der Waals surface area (Å²) >= 11 is 0. The third kappa shape index (κ3) is 3.40. The van der Waals surface area contributed by atoms with Crippen LogP contribution in [0.4, 0.5) is 4.39 Å². The molecule has 0 radical (unpaired) electrons. The van der Waals surface area contributed by atoms with Gasteiger partial charge >= 0.3 is 0 Å². The molecular formula is C23H21FN4O4. The fourth-order valence-electron chi connectivity index (χ4n) is 4.16. The van der Waals surface area contributed by atoms with Crippen LogP contribution in [0.1, 0.15) is 15.9 Å². The van der Waals surface area contributed by atoms with Crippen molar-refractivity contribution in [2.24, 2.45) is 5.92 Å². The van der Waals surface area contributed by atoms with Crippen molar-refractivity contribution < 1.29 is 23.8 Å². The maximum absolute atomic E-state index is 14.0. The summed E-state index contributed by atoms with van der Waals surface area (Å²) in [6.07, 6.45) is 5.18. The Labute approximate surface area is 182 Å². The van der Waals surface area contributed by atoms with Crippen molar-refractivity contribution in [3.63, 3.8) is 0 Å². The van der Waals surface area contributed by atoms with E-state index in [1.165, 1.54) is 6.20 Å². The van der Waals surface area contributed by atoms with Crippen LogP contribution in [0.15, 0.2) is 42.9 Å². The molecule has 1 atom stereocenters.